The van der Waals surface area contributed by atoms with Crippen LogP contribution in [0.1, 0.15) is 11.7 Å². The van der Waals surface area contributed by atoms with Crippen LogP contribution in [-0.4, -0.2) is 64.7 Å². The number of hydrogen-bond acceptors (Lipinski definition) is 11. The Kier molecular flexibility index (Phi) is 7.40. The van der Waals surface area contributed by atoms with Gasteiger partial charge in [-0.15, -0.1) is 0 Å². The van der Waals surface area contributed by atoms with E-state index in [9.17, 15) is 38.0 Å². The van der Waals surface area contributed by atoms with E-state index < -0.39 is 65.9 Å². The first kappa shape index (κ1) is 26.2. The average Bonchev–Trinajstić information content (AvgIpc) is 2.91. The van der Waals surface area contributed by atoms with Crippen LogP contribution in [0.4, 0.5) is 4.39 Å². The number of aliphatic hydroxyl groups is 2. The maximum Gasteiger partial charge on any atom is 0.490 e. The van der Waals surface area contributed by atoms with Crippen molar-refractivity contribution < 1.29 is 65.8 Å². The van der Waals surface area contributed by atoms with Crippen LogP contribution in [0, 0.1) is 5.82 Å². The standard InChI is InChI=1S/C13H16FN2O14P3/c14-7-1-2-15-12-5(7)3-6(13(19)16-12)11-10(18)9(17)8(28-11)4-27-32(23,24)30-33(25,26)29-31(20,21)22/h1-3,8-11,17-18H,4H2,(H,23,24)(H,25,26)(H,15,16,19)(H2,20,21,22)/t8-,9+,10?,11+/m1/s1. The monoisotopic (exact) mass is 536 g/mol. The van der Waals surface area contributed by atoms with Gasteiger partial charge >= 0.3 is 23.5 Å². The SMILES string of the molecule is O=c1[nH]c2nccc(F)c2cc1[C@@H]1O[C@H](COP(=O)(O)OP(=O)(O)OP(=O)(O)O)[C@H](O)C1O. The number of halogens is 1. The van der Waals surface area contributed by atoms with Crippen molar-refractivity contribution in [1.29, 1.82) is 0 Å². The summed E-state index contributed by atoms with van der Waals surface area (Å²) in [5, 5.41) is 20.2. The minimum atomic E-state index is -5.76. The molecule has 16 nitrogen and oxygen atoms in total. The van der Waals surface area contributed by atoms with Gasteiger partial charge < -0.3 is 39.5 Å². The van der Waals surface area contributed by atoms with E-state index in [1.165, 1.54) is 0 Å². The highest BCUT2D eigenvalue weighted by Crippen LogP contribution is 2.66. The fraction of sp³-hybridized carbons (Fsp3) is 0.385. The molecule has 3 unspecified atom stereocenters. The van der Waals surface area contributed by atoms with Gasteiger partial charge in [0.1, 0.15) is 35.9 Å². The summed E-state index contributed by atoms with van der Waals surface area (Å²) >= 11 is 0. The maximum atomic E-state index is 14.0. The molecule has 20 heteroatoms. The molecule has 1 aliphatic heterocycles. The number of rotatable bonds is 8. The van der Waals surface area contributed by atoms with E-state index in [0.29, 0.717) is 0 Å². The van der Waals surface area contributed by atoms with Gasteiger partial charge in [0.15, 0.2) is 0 Å². The van der Waals surface area contributed by atoms with Crippen molar-refractivity contribution in [2.24, 2.45) is 0 Å². The number of ether oxygens (including phenoxy) is 1. The molecule has 0 spiro atoms. The lowest BCUT2D eigenvalue weighted by Gasteiger charge is -2.19. The second-order valence-electron chi connectivity index (χ2n) is 6.57. The normalized spacial score (nSPS) is 27.4. The summed E-state index contributed by atoms with van der Waals surface area (Å²) in [7, 11) is -16.9. The molecule has 0 aliphatic carbocycles. The Morgan fingerprint density at radius 3 is 2.39 bits per heavy atom. The fourth-order valence-electron chi connectivity index (χ4n) is 2.91. The third-order valence-corrected chi connectivity index (χ3v) is 8.02. The summed E-state index contributed by atoms with van der Waals surface area (Å²) in [4.78, 5) is 53.9. The van der Waals surface area contributed by atoms with E-state index in [2.05, 4.69) is 23.1 Å². The van der Waals surface area contributed by atoms with Crippen LogP contribution in [0.25, 0.3) is 11.0 Å². The molecule has 184 valence electrons. The zero-order chi connectivity index (χ0) is 24.8. The minimum Gasteiger partial charge on any atom is -0.387 e. The van der Waals surface area contributed by atoms with Crippen molar-refractivity contribution in [3.8, 4) is 0 Å². The second-order valence-corrected chi connectivity index (χ2v) is 11.0. The minimum absolute atomic E-state index is 0.0963. The third kappa shape index (κ3) is 6.38. The molecule has 0 bridgehead atoms. The van der Waals surface area contributed by atoms with Crippen molar-refractivity contribution in [1.82, 2.24) is 9.97 Å². The molecule has 33 heavy (non-hydrogen) atoms. The fourth-order valence-corrected chi connectivity index (χ4v) is 5.94. The first-order valence-corrected chi connectivity index (χ1v) is 13.1. The van der Waals surface area contributed by atoms with E-state index in [1.54, 1.807) is 0 Å². The van der Waals surface area contributed by atoms with Crippen LogP contribution >= 0.6 is 23.5 Å². The zero-order valence-electron chi connectivity index (χ0n) is 15.9. The summed E-state index contributed by atoms with van der Waals surface area (Å²) in [5.41, 5.74) is -1.26. The highest BCUT2D eigenvalue weighted by atomic mass is 31.3. The highest BCUT2D eigenvalue weighted by Gasteiger charge is 2.47. The molecule has 2 aromatic rings. The van der Waals surface area contributed by atoms with Crippen LogP contribution in [0.5, 0.6) is 0 Å². The van der Waals surface area contributed by atoms with E-state index in [4.69, 9.17) is 19.4 Å². The number of aromatic nitrogens is 2. The Hall–Kier alpha value is -1.42. The second kappa shape index (κ2) is 9.32. The molecule has 7 N–H and O–H groups in total. The van der Waals surface area contributed by atoms with Gasteiger partial charge in [-0.2, -0.15) is 8.62 Å². The first-order chi connectivity index (χ1) is 15.1. The number of nitrogens with one attached hydrogen (secondary N) is 1. The van der Waals surface area contributed by atoms with Crippen LogP contribution < -0.4 is 5.56 Å². The zero-order valence-corrected chi connectivity index (χ0v) is 18.5. The van der Waals surface area contributed by atoms with E-state index in [1.807, 2.05) is 0 Å². The lowest BCUT2D eigenvalue weighted by atomic mass is 10.0. The van der Waals surface area contributed by atoms with Crippen molar-refractivity contribution in [3.05, 3.63) is 40.1 Å². The van der Waals surface area contributed by atoms with Crippen LogP contribution in [0.2, 0.25) is 0 Å². The molecule has 0 amide bonds. The molecule has 0 saturated carbocycles. The quantitative estimate of drug-likeness (QED) is 0.211. The maximum absolute atomic E-state index is 14.0. The molecule has 1 aliphatic rings. The number of aromatic amines is 1. The number of phosphoric ester groups is 1. The molecule has 3 heterocycles. The van der Waals surface area contributed by atoms with Gasteiger partial charge in [0.25, 0.3) is 5.56 Å². The van der Waals surface area contributed by atoms with E-state index >= 15 is 0 Å². The van der Waals surface area contributed by atoms with Gasteiger partial charge in [0.2, 0.25) is 0 Å². The van der Waals surface area contributed by atoms with Gasteiger partial charge in [-0.3, -0.25) is 9.32 Å². The molecule has 1 saturated heterocycles. The van der Waals surface area contributed by atoms with Gasteiger partial charge in [-0.1, -0.05) is 0 Å². The Morgan fingerprint density at radius 1 is 1.09 bits per heavy atom. The molecular formula is C13H16FN2O14P3. The largest absolute Gasteiger partial charge is 0.490 e. The van der Waals surface area contributed by atoms with E-state index in [0.717, 1.165) is 18.3 Å². The van der Waals surface area contributed by atoms with Crippen LogP contribution in [0.15, 0.2) is 23.1 Å². The summed E-state index contributed by atoms with van der Waals surface area (Å²) in [6, 6.07) is 2.04. The number of hydrogen-bond donors (Lipinski definition) is 7. The molecule has 0 aromatic carbocycles. The predicted molar refractivity (Wildman–Crippen MR) is 102 cm³/mol. The smallest absolute Gasteiger partial charge is 0.387 e. The average molecular weight is 536 g/mol. The van der Waals surface area contributed by atoms with E-state index in [-0.39, 0.29) is 16.6 Å². The molecule has 2 aromatic heterocycles. The number of fused-ring (bicyclic) bond motifs is 1. The number of nitrogens with zero attached hydrogens (tertiary/aromatic N) is 1. The van der Waals surface area contributed by atoms with Crippen molar-refractivity contribution in [2.45, 2.75) is 24.4 Å². The summed E-state index contributed by atoms with van der Waals surface area (Å²) in [6.07, 6.45) is -5.67. The molecule has 0 radical (unpaired) electrons. The van der Waals surface area contributed by atoms with Crippen LogP contribution in [-0.2, 0) is 31.6 Å². The van der Waals surface area contributed by atoms with Crippen molar-refractivity contribution >= 4 is 34.5 Å². The molecular weight excluding hydrogens is 520 g/mol. The summed E-state index contributed by atoms with van der Waals surface area (Å²) in [5.74, 6) is -0.755. The predicted octanol–water partition coefficient (Wildman–Crippen LogP) is -0.433. The van der Waals surface area contributed by atoms with Crippen LogP contribution in [0.3, 0.4) is 0 Å². The Morgan fingerprint density at radius 2 is 1.76 bits per heavy atom. The van der Waals surface area contributed by atoms with Crippen molar-refractivity contribution in [3.63, 3.8) is 0 Å². The molecule has 1 fully saturated rings. The highest BCUT2D eigenvalue weighted by molar-refractivity contribution is 7.66. The van der Waals surface area contributed by atoms with Gasteiger partial charge in [0, 0.05) is 11.8 Å². The number of phosphoric acid groups is 3. The number of H-pyrrole nitrogens is 1. The Labute approximate surface area is 182 Å². The number of pyridine rings is 2. The Bertz CT molecular complexity index is 1250. The molecule has 3 rings (SSSR count). The van der Waals surface area contributed by atoms with Crippen molar-refractivity contribution in [2.75, 3.05) is 6.61 Å². The summed E-state index contributed by atoms with van der Waals surface area (Å²) in [6.45, 7) is -1.07. The van der Waals surface area contributed by atoms with Gasteiger partial charge in [0.05, 0.1) is 12.0 Å². The third-order valence-electron chi connectivity index (χ3n) is 4.22. The Balaban J connectivity index is 1.74. The van der Waals surface area contributed by atoms with Gasteiger partial charge in [-0.25, -0.2) is 23.1 Å². The number of aliphatic hydroxyl groups excluding tert-OH is 2. The first-order valence-electron chi connectivity index (χ1n) is 8.56. The lowest BCUT2D eigenvalue weighted by molar-refractivity contribution is -0.0226. The summed E-state index contributed by atoms with van der Waals surface area (Å²) < 4.78 is 64.5. The topological polar surface area (TPSA) is 255 Å². The molecule has 6 atom stereocenters. The van der Waals surface area contributed by atoms with Gasteiger partial charge in [-0.05, 0) is 12.1 Å². The lowest BCUT2D eigenvalue weighted by Crippen LogP contribution is -2.33.